The topological polar surface area (TPSA) is 29.1 Å². The van der Waals surface area contributed by atoms with E-state index in [9.17, 15) is 4.79 Å². The molecule has 1 N–H and O–H groups in total. The Morgan fingerprint density at radius 3 is 2.54 bits per heavy atom. The van der Waals surface area contributed by atoms with Crippen LogP contribution in [0.15, 0.2) is 0 Å². The van der Waals surface area contributed by atoms with Gasteiger partial charge in [0.25, 0.3) is 0 Å². The molecule has 1 unspecified atom stereocenters. The van der Waals surface area contributed by atoms with Crippen LogP contribution in [0, 0.1) is 18.3 Å². The fourth-order valence-electron chi connectivity index (χ4n) is 1.03. The number of amides is 1. The summed E-state index contributed by atoms with van der Waals surface area (Å²) in [6, 6.07) is 0. The van der Waals surface area contributed by atoms with Gasteiger partial charge in [0.05, 0.1) is 5.54 Å². The quantitative estimate of drug-likeness (QED) is 0.660. The molecule has 0 spiro atoms. The van der Waals surface area contributed by atoms with Crippen LogP contribution >= 0.6 is 0 Å². The Morgan fingerprint density at radius 1 is 1.62 bits per heavy atom. The molecule has 0 aromatic carbocycles. The summed E-state index contributed by atoms with van der Waals surface area (Å²) in [6.07, 6.45) is 7.19. The molecule has 0 aliphatic heterocycles. The molecule has 0 rings (SSSR count). The zero-order valence-corrected chi connectivity index (χ0v) is 8.98. The van der Waals surface area contributed by atoms with Crippen molar-refractivity contribution >= 4 is 5.91 Å². The minimum absolute atomic E-state index is 0.0461. The molecule has 13 heavy (non-hydrogen) atoms. The van der Waals surface area contributed by atoms with Crippen molar-refractivity contribution in [3.63, 3.8) is 0 Å². The van der Waals surface area contributed by atoms with Crippen molar-refractivity contribution < 1.29 is 4.79 Å². The average molecular weight is 181 g/mol. The van der Waals surface area contributed by atoms with Crippen LogP contribution in [0.1, 0.15) is 40.5 Å². The fourth-order valence-corrected chi connectivity index (χ4v) is 1.03. The summed E-state index contributed by atoms with van der Waals surface area (Å²) in [5.41, 5.74) is -0.529. The van der Waals surface area contributed by atoms with Gasteiger partial charge in [-0.1, -0.05) is 26.2 Å². The monoisotopic (exact) mass is 181 g/mol. The second-order valence-corrected chi connectivity index (χ2v) is 3.95. The van der Waals surface area contributed by atoms with E-state index in [-0.39, 0.29) is 11.8 Å². The first-order valence-corrected chi connectivity index (χ1v) is 4.72. The Morgan fingerprint density at radius 2 is 2.15 bits per heavy atom. The van der Waals surface area contributed by atoms with Gasteiger partial charge in [0, 0.05) is 5.92 Å². The predicted octanol–water partition coefficient (Wildman–Crippen LogP) is 1.95. The highest BCUT2D eigenvalue weighted by Crippen LogP contribution is 2.07. The minimum Gasteiger partial charge on any atom is -0.340 e. The van der Waals surface area contributed by atoms with Gasteiger partial charge in [-0.3, -0.25) is 4.79 Å². The lowest BCUT2D eigenvalue weighted by molar-refractivity contribution is -0.125. The highest BCUT2D eigenvalue weighted by Gasteiger charge is 2.20. The molecule has 0 bridgehead atoms. The zero-order chi connectivity index (χ0) is 10.5. The van der Waals surface area contributed by atoms with Gasteiger partial charge in [-0.15, -0.1) is 6.42 Å². The van der Waals surface area contributed by atoms with Gasteiger partial charge in [0.1, 0.15) is 0 Å². The Hall–Kier alpha value is -0.970. The second-order valence-electron chi connectivity index (χ2n) is 3.95. The van der Waals surface area contributed by atoms with E-state index in [4.69, 9.17) is 6.42 Å². The summed E-state index contributed by atoms with van der Waals surface area (Å²) >= 11 is 0. The maximum absolute atomic E-state index is 11.5. The second kappa shape index (κ2) is 4.91. The molecule has 1 amide bonds. The number of carbonyl (C=O) groups is 1. The lowest BCUT2D eigenvalue weighted by Gasteiger charge is -2.22. The molecule has 74 valence electrons. The summed E-state index contributed by atoms with van der Waals surface area (Å²) in [7, 11) is 0. The first-order chi connectivity index (χ1) is 5.93. The molecule has 0 aliphatic rings. The summed E-state index contributed by atoms with van der Waals surface area (Å²) in [5.74, 6) is 2.64. The van der Waals surface area contributed by atoms with E-state index in [1.807, 2.05) is 20.8 Å². The lowest BCUT2D eigenvalue weighted by Crippen LogP contribution is -2.44. The van der Waals surface area contributed by atoms with Gasteiger partial charge in [-0.05, 0) is 20.3 Å². The van der Waals surface area contributed by atoms with Crippen LogP contribution in [-0.4, -0.2) is 11.4 Å². The number of nitrogens with one attached hydrogen (secondary N) is 1. The van der Waals surface area contributed by atoms with Gasteiger partial charge in [0.15, 0.2) is 0 Å². The van der Waals surface area contributed by atoms with Crippen molar-refractivity contribution in [2.24, 2.45) is 5.92 Å². The van der Waals surface area contributed by atoms with Crippen LogP contribution in [0.4, 0.5) is 0 Å². The van der Waals surface area contributed by atoms with Crippen molar-refractivity contribution in [1.29, 1.82) is 0 Å². The van der Waals surface area contributed by atoms with E-state index in [1.165, 1.54) is 0 Å². The number of hydrogen-bond acceptors (Lipinski definition) is 1. The third-order valence-corrected chi connectivity index (χ3v) is 1.97. The third kappa shape index (κ3) is 4.57. The maximum atomic E-state index is 11.5. The molecule has 0 aliphatic carbocycles. The SMILES string of the molecule is C#CC(C)(C)NC(=O)C(C)CCC. The molecule has 0 radical (unpaired) electrons. The first-order valence-electron chi connectivity index (χ1n) is 4.72. The average Bonchev–Trinajstić information content (AvgIpc) is 2.04. The van der Waals surface area contributed by atoms with Gasteiger partial charge in [-0.2, -0.15) is 0 Å². The zero-order valence-electron chi connectivity index (χ0n) is 8.98. The highest BCUT2D eigenvalue weighted by atomic mass is 16.2. The molecule has 0 saturated heterocycles. The summed E-state index contributed by atoms with van der Waals surface area (Å²) in [6.45, 7) is 7.63. The normalized spacial score (nSPS) is 13.2. The maximum Gasteiger partial charge on any atom is 0.223 e. The molecular formula is C11H19NO. The Labute approximate surface area is 81.1 Å². The van der Waals surface area contributed by atoms with Crippen molar-refractivity contribution in [3.8, 4) is 12.3 Å². The Balaban J connectivity index is 4.09. The molecule has 2 heteroatoms. The number of terminal acetylenes is 1. The molecule has 0 heterocycles. The van der Waals surface area contributed by atoms with Gasteiger partial charge >= 0.3 is 0 Å². The van der Waals surface area contributed by atoms with E-state index in [1.54, 1.807) is 0 Å². The number of rotatable bonds is 4. The van der Waals surface area contributed by atoms with Crippen LogP contribution < -0.4 is 5.32 Å². The molecule has 0 aromatic heterocycles. The Bertz CT molecular complexity index is 213. The first kappa shape index (κ1) is 12.0. The van der Waals surface area contributed by atoms with E-state index in [2.05, 4.69) is 18.2 Å². The van der Waals surface area contributed by atoms with Crippen LogP contribution in [0.3, 0.4) is 0 Å². The van der Waals surface area contributed by atoms with E-state index < -0.39 is 5.54 Å². The van der Waals surface area contributed by atoms with Gasteiger partial charge < -0.3 is 5.32 Å². The molecule has 0 aromatic rings. The van der Waals surface area contributed by atoms with E-state index in [0.717, 1.165) is 12.8 Å². The van der Waals surface area contributed by atoms with Crippen LogP contribution in [0.2, 0.25) is 0 Å². The van der Waals surface area contributed by atoms with Crippen molar-refractivity contribution in [3.05, 3.63) is 0 Å². The lowest BCUT2D eigenvalue weighted by atomic mass is 10.0. The molecule has 0 fully saturated rings. The number of hydrogen-bond donors (Lipinski definition) is 1. The van der Waals surface area contributed by atoms with E-state index in [0.29, 0.717) is 0 Å². The van der Waals surface area contributed by atoms with Crippen LogP contribution in [-0.2, 0) is 4.79 Å². The fraction of sp³-hybridized carbons (Fsp3) is 0.727. The highest BCUT2D eigenvalue weighted by molar-refractivity contribution is 5.79. The largest absolute Gasteiger partial charge is 0.340 e. The standard InChI is InChI=1S/C11H19NO/c1-6-8-9(3)10(13)12-11(4,5)7-2/h2,9H,6,8H2,1,3-5H3,(H,12,13). The molecule has 0 saturated carbocycles. The third-order valence-electron chi connectivity index (χ3n) is 1.97. The predicted molar refractivity (Wildman–Crippen MR) is 55.1 cm³/mol. The van der Waals surface area contributed by atoms with Crippen molar-refractivity contribution in [2.75, 3.05) is 0 Å². The summed E-state index contributed by atoms with van der Waals surface area (Å²) < 4.78 is 0. The van der Waals surface area contributed by atoms with Crippen LogP contribution in [0.25, 0.3) is 0 Å². The molecule has 2 nitrogen and oxygen atoms in total. The molecular weight excluding hydrogens is 162 g/mol. The summed E-state index contributed by atoms with van der Waals surface area (Å²) in [4.78, 5) is 11.5. The minimum atomic E-state index is -0.529. The Kier molecular flexibility index (Phi) is 4.55. The smallest absolute Gasteiger partial charge is 0.223 e. The van der Waals surface area contributed by atoms with Crippen LogP contribution in [0.5, 0.6) is 0 Å². The summed E-state index contributed by atoms with van der Waals surface area (Å²) in [5, 5.41) is 2.82. The van der Waals surface area contributed by atoms with Gasteiger partial charge in [-0.25, -0.2) is 0 Å². The van der Waals surface area contributed by atoms with Crippen molar-refractivity contribution in [2.45, 2.75) is 46.1 Å². The number of carbonyl (C=O) groups excluding carboxylic acids is 1. The molecule has 1 atom stereocenters. The van der Waals surface area contributed by atoms with Crippen molar-refractivity contribution in [1.82, 2.24) is 5.32 Å². The van der Waals surface area contributed by atoms with E-state index >= 15 is 0 Å². The van der Waals surface area contributed by atoms with Gasteiger partial charge in [0.2, 0.25) is 5.91 Å².